The van der Waals surface area contributed by atoms with Gasteiger partial charge in [-0.05, 0) is 19.3 Å². The fraction of sp³-hybridized carbons (Fsp3) is 0.917. The van der Waals surface area contributed by atoms with E-state index in [-0.39, 0.29) is 11.2 Å². The summed E-state index contributed by atoms with van der Waals surface area (Å²) in [5.41, 5.74) is 5.29. The van der Waals surface area contributed by atoms with Gasteiger partial charge in [-0.2, -0.15) is 0 Å². The number of carbonyl (C=O) groups is 1. The molecular formula is C12H24N2O3S. The van der Waals surface area contributed by atoms with Gasteiger partial charge in [0.15, 0.2) is 0 Å². The number of hydrogen-bond donors (Lipinski definition) is 2. The molecule has 1 heterocycles. The van der Waals surface area contributed by atoms with Gasteiger partial charge in [0.05, 0.1) is 5.41 Å². The van der Waals surface area contributed by atoms with Crippen LogP contribution in [0.3, 0.4) is 0 Å². The fourth-order valence-electron chi connectivity index (χ4n) is 2.03. The Kier molecular flexibility index (Phi) is 6.25. The van der Waals surface area contributed by atoms with E-state index in [0.717, 1.165) is 6.42 Å². The molecule has 0 saturated carbocycles. The van der Waals surface area contributed by atoms with E-state index in [1.165, 1.54) is 0 Å². The first-order chi connectivity index (χ1) is 8.52. The average molecular weight is 276 g/mol. The van der Waals surface area contributed by atoms with Crippen molar-refractivity contribution in [1.29, 1.82) is 0 Å². The Morgan fingerprint density at radius 3 is 2.61 bits per heavy atom. The van der Waals surface area contributed by atoms with Gasteiger partial charge in [-0.1, -0.05) is 6.92 Å². The van der Waals surface area contributed by atoms with Crippen molar-refractivity contribution >= 4 is 16.7 Å². The number of nitrogens with one attached hydrogen (secondary N) is 1. The molecule has 2 unspecified atom stereocenters. The Bertz CT molecular complexity index is 304. The first-order valence-corrected chi connectivity index (χ1v) is 8.02. The number of amides is 1. The Hall–Kier alpha value is -0.460. The molecule has 1 aliphatic rings. The lowest BCUT2D eigenvalue weighted by Crippen LogP contribution is -2.49. The van der Waals surface area contributed by atoms with E-state index in [0.29, 0.717) is 39.1 Å². The average Bonchev–Trinajstić information content (AvgIpc) is 2.39. The largest absolute Gasteiger partial charge is 0.381 e. The van der Waals surface area contributed by atoms with Gasteiger partial charge in [-0.3, -0.25) is 9.00 Å². The molecule has 1 amide bonds. The number of carbonyl (C=O) groups excluding carboxylic acids is 1. The molecule has 1 rings (SSSR count). The summed E-state index contributed by atoms with van der Waals surface area (Å²) in [5, 5.41) is 3.03. The highest BCUT2D eigenvalue weighted by atomic mass is 32.2. The van der Waals surface area contributed by atoms with Gasteiger partial charge in [0.25, 0.3) is 0 Å². The second-order valence-electron chi connectivity index (χ2n) is 4.95. The molecule has 0 bridgehead atoms. The van der Waals surface area contributed by atoms with Crippen LogP contribution in [0.2, 0.25) is 0 Å². The van der Waals surface area contributed by atoms with Crippen LogP contribution in [0.15, 0.2) is 0 Å². The lowest BCUT2D eigenvalue weighted by atomic mass is 9.79. The summed E-state index contributed by atoms with van der Waals surface area (Å²) < 4.78 is 16.5. The van der Waals surface area contributed by atoms with E-state index in [2.05, 4.69) is 5.32 Å². The maximum absolute atomic E-state index is 12.2. The van der Waals surface area contributed by atoms with Crippen molar-refractivity contribution in [2.75, 3.05) is 32.6 Å². The zero-order valence-electron chi connectivity index (χ0n) is 11.2. The van der Waals surface area contributed by atoms with Crippen LogP contribution in [0.4, 0.5) is 0 Å². The molecule has 0 aromatic heterocycles. The van der Waals surface area contributed by atoms with Crippen LogP contribution in [-0.2, 0) is 20.3 Å². The summed E-state index contributed by atoms with van der Waals surface area (Å²) in [6, 6.07) is 0. The summed E-state index contributed by atoms with van der Waals surface area (Å²) >= 11 is 0. The zero-order chi connectivity index (χ0) is 13.6. The second kappa shape index (κ2) is 7.21. The monoisotopic (exact) mass is 276 g/mol. The van der Waals surface area contributed by atoms with Crippen molar-refractivity contribution in [3.63, 3.8) is 0 Å². The van der Waals surface area contributed by atoms with Gasteiger partial charge in [0, 0.05) is 48.6 Å². The van der Waals surface area contributed by atoms with Gasteiger partial charge in [0.2, 0.25) is 5.91 Å². The van der Waals surface area contributed by atoms with Gasteiger partial charge >= 0.3 is 0 Å². The van der Waals surface area contributed by atoms with E-state index in [9.17, 15) is 9.00 Å². The molecule has 0 radical (unpaired) electrons. The van der Waals surface area contributed by atoms with Crippen molar-refractivity contribution in [1.82, 2.24) is 5.32 Å². The molecule has 1 fully saturated rings. The molecule has 0 aromatic rings. The molecule has 1 aliphatic heterocycles. The van der Waals surface area contributed by atoms with Crippen LogP contribution in [-0.4, -0.2) is 47.9 Å². The third-order valence-corrected chi connectivity index (χ3v) is 5.09. The topological polar surface area (TPSA) is 81.4 Å². The maximum atomic E-state index is 12.2. The highest BCUT2D eigenvalue weighted by Gasteiger charge is 2.38. The summed E-state index contributed by atoms with van der Waals surface area (Å²) in [7, 11) is -0.838. The Labute approximate surface area is 111 Å². The van der Waals surface area contributed by atoms with Gasteiger partial charge in [0.1, 0.15) is 0 Å². The molecule has 18 heavy (non-hydrogen) atoms. The van der Waals surface area contributed by atoms with Crippen molar-refractivity contribution in [2.24, 2.45) is 11.1 Å². The van der Waals surface area contributed by atoms with E-state index in [1.807, 2.05) is 6.92 Å². The minimum Gasteiger partial charge on any atom is -0.381 e. The number of ether oxygens (including phenoxy) is 1. The molecular weight excluding hydrogens is 252 g/mol. The predicted octanol–water partition coefficient (Wildman–Crippen LogP) is 0.0152. The van der Waals surface area contributed by atoms with Crippen LogP contribution in [0.5, 0.6) is 0 Å². The van der Waals surface area contributed by atoms with E-state index >= 15 is 0 Å². The summed E-state index contributed by atoms with van der Waals surface area (Å²) in [6.45, 7) is 4.04. The summed E-state index contributed by atoms with van der Waals surface area (Å²) in [5.74, 6) is 0.0161. The van der Waals surface area contributed by atoms with E-state index < -0.39 is 16.2 Å². The Balaban J connectivity index is 2.41. The van der Waals surface area contributed by atoms with Gasteiger partial charge in [-0.15, -0.1) is 0 Å². The minimum atomic E-state index is -0.838. The van der Waals surface area contributed by atoms with Crippen molar-refractivity contribution < 1.29 is 13.7 Å². The van der Waals surface area contributed by atoms with Crippen molar-refractivity contribution in [2.45, 2.75) is 31.4 Å². The highest BCUT2D eigenvalue weighted by molar-refractivity contribution is 7.84. The molecule has 106 valence electrons. The SMILES string of the molecule is CC(CCNC(=O)C1(CN)CCOCC1)S(C)=O. The fourth-order valence-corrected chi connectivity index (χ4v) is 2.48. The molecule has 6 heteroatoms. The number of nitrogens with two attached hydrogens (primary N) is 1. The highest BCUT2D eigenvalue weighted by Crippen LogP contribution is 2.29. The first kappa shape index (κ1) is 15.6. The molecule has 1 saturated heterocycles. The van der Waals surface area contributed by atoms with E-state index in [4.69, 9.17) is 10.5 Å². The summed E-state index contributed by atoms with van der Waals surface area (Å²) in [6.07, 6.45) is 3.79. The first-order valence-electron chi connectivity index (χ1n) is 6.40. The normalized spacial score (nSPS) is 22.2. The smallest absolute Gasteiger partial charge is 0.227 e. The van der Waals surface area contributed by atoms with Crippen molar-refractivity contribution in [3.8, 4) is 0 Å². The quantitative estimate of drug-likeness (QED) is 0.716. The standard InChI is InChI=1S/C12H24N2O3S/c1-10(18(2)16)3-6-14-11(15)12(9-13)4-7-17-8-5-12/h10H,3-9,13H2,1-2H3,(H,14,15). The number of rotatable bonds is 6. The molecule has 5 nitrogen and oxygen atoms in total. The van der Waals surface area contributed by atoms with Crippen LogP contribution in [0, 0.1) is 5.41 Å². The van der Waals surface area contributed by atoms with Crippen LogP contribution < -0.4 is 11.1 Å². The third-order valence-electron chi connectivity index (χ3n) is 3.73. The molecule has 2 atom stereocenters. The lowest BCUT2D eigenvalue weighted by Gasteiger charge is -2.34. The maximum Gasteiger partial charge on any atom is 0.227 e. The summed E-state index contributed by atoms with van der Waals surface area (Å²) in [4.78, 5) is 12.2. The van der Waals surface area contributed by atoms with Crippen molar-refractivity contribution in [3.05, 3.63) is 0 Å². The van der Waals surface area contributed by atoms with Gasteiger partial charge < -0.3 is 15.8 Å². The Morgan fingerprint density at radius 1 is 1.50 bits per heavy atom. The van der Waals surface area contributed by atoms with Gasteiger partial charge in [-0.25, -0.2) is 0 Å². The predicted molar refractivity (Wildman–Crippen MR) is 72.7 cm³/mol. The molecule has 0 spiro atoms. The lowest BCUT2D eigenvalue weighted by molar-refractivity contribution is -0.135. The van der Waals surface area contributed by atoms with E-state index in [1.54, 1.807) is 6.26 Å². The molecule has 0 aliphatic carbocycles. The second-order valence-corrected chi connectivity index (χ2v) is 6.75. The van der Waals surface area contributed by atoms with Crippen LogP contribution in [0.25, 0.3) is 0 Å². The van der Waals surface area contributed by atoms with Crippen LogP contribution in [0.1, 0.15) is 26.2 Å². The zero-order valence-corrected chi connectivity index (χ0v) is 12.1. The molecule has 0 aromatic carbocycles. The van der Waals surface area contributed by atoms with Crippen LogP contribution >= 0.6 is 0 Å². The molecule has 3 N–H and O–H groups in total. The minimum absolute atomic E-state index is 0.0161. The Morgan fingerprint density at radius 2 is 2.11 bits per heavy atom. The number of hydrogen-bond acceptors (Lipinski definition) is 4. The third kappa shape index (κ3) is 4.03.